The van der Waals surface area contributed by atoms with Gasteiger partial charge in [-0.05, 0) is 29.8 Å². The van der Waals surface area contributed by atoms with Crippen LogP contribution in [0.25, 0.3) is 0 Å². The van der Waals surface area contributed by atoms with Crippen molar-refractivity contribution < 1.29 is 18.3 Å². The van der Waals surface area contributed by atoms with E-state index in [0.29, 0.717) is 5.56 Å². The molecule has 2 aromatic carbocycles. The molecule has 3 N–H and O–H groups in total. The number of carbonyl (C=O) groups is 1. The molecule has 0 aromatic heterocycles. The molecule has 2 aromatic rings. The second-order valence-electron chi connectivity index (χ2n) is 4.31. The molecule has 0 spiro atoms. The lowest BCUT2D eigenvalue weighted by molar-refractivity contribution is -0.114. The molecule has 110 valence electrons. The first-order valence-electron chi connectivity index (χ1n) is 6.25. The molecule has 0 saturated heterocycles. The van der Waals surface area contributed by atoms with E-state index in [0.717, 1.165) is 6.07 Å². The van der Waals surface area contributed by atoms with E-state index in [-0.39, 0.29) is 30.4 Å². The van der Waals surface area contributed by atoms with Crippen LogP contribution in [0.5, 0.6) is 5.75 Å². The number of halogens is 2. The van der Waals surface area contributed by atoms with Crippen molar-refractivity contribution in [2.75, 3.05) is 11.9 Å². The van der Waals surface area contributed by atoms with E-state index in [2.05, 4.69) is 5.32 Å². The van der Waals surface area contributed by atoms with E-state index in [1.54, 1.807) is 12.1 Å². The predicted molar refractivity (Wildman–Crippen MR) is 74.8 cm³/mol. The first-order chi connectivity index (χ1) is 10.1. The average Bonchev–Trinajstić information content (AvgIpc) is 2.47. The zero-order valence-electron chi connectivity index (χ0n) is 11.1. The molecule has 21 heavy (non-hydrogen) atoms. The maximum absolute atomic E-state index is 13.7. The molecular weight excluding hydrogens is 278 g/mol. The number of hydrogen-bond acceptors (Lipinski definition) is 3. The van der Waals surface area contributed by atoms with Crippen LogP contribution in [0.15, 0.2) is 42.5 Å². The molecule has 0 aliphatic heterocycles. The van der Waals surface area contributed by atoms with Crippen molar-refractivity contribution in [3.05, 3.63) is 59.7 Å². The van der Waals surface area contributed by atoms with Crippen LogP contribution in [0.1, 0.15) is 5.56 Å². The molecule has 2 rings (SSSR count). The molecule has 0 saturated carbocycles. The molecule has 4 nitrogen and oxygen atoms in total. The molecule has 0 atom stereocenters. The number of nitrogens with one attached hydrogen (secondary N) is 1. The first-order valence-corrected chi connectivity index (χ1v) is 6.25. The summed E-state index contributed by atoms with van der Waals surface area (Å²) in [4.78, 5) is 11.1. The third kappa shape index (κ3) is 4.25. The number of benzene rings is 2. The van der Waals surface area contributed by atoms with Crippen LogP contribution in [-0.2, 0) is 11.4 Å². The third-order valence-electron chi connectivity index (χ3n) is 2.69. The van der Waals surface area contributed by atoms with Gasteiger partial charge in [-0.25, -0.2) is 8.78 Å². The Bertz CT molecular complexity index is 647. The van der Waals surface area contributed by atoms with Crippen LogP contribution >= 0.6 is 0 Å². The number of anilines is 1. The molecule has 0 aliphatic carbocycles. The van der Waals surface area contributed by atoms with Crippen LogP contribution in [0, 0.1) is 11.6 Å². The van der Waals surface area contributed by atoms with Crippen molar-refractivity contribution >= 4 is 11.6 Å². The highest BCUT2D eigenvalue weighted by Gasteiger charge is 2.07. The molecule has 0 unspecified atom stereocenters. The molecule has 0 radical (unpaired) electrons. The number of hydrogen-bond donors (Lipinski definition) is 2. The van der Waals surface area contributed by atoms with Gasteiger partial charge >= 0.3 is 0 Å². The van der Waals surface area contributed by atoms with Gasteiger partial charge in [-0.1, -0.05) is 12.1 Å². The van der Waals surface area contributed by atoms with E-state index >= 15 is 0 Å². The van der Waals surface area contributed by atoms with Crippen LogP contribution in [-0.4, -0.2) is 12.5 Å². The van der Waals surface area contributed by atoms with E-state index in [4.69, 9.17) is 10.5 Å². The minimum absolute atomic E-state index is 0.0311. The standard InChI is InChI=1S/C15H14F2N2O2/c16-11-3-1-2-10(6-11)9-21-12-4-5-14(13(17)7-12)19-15(20)8-18/h1-7H,8-9,18H2,(H,19,20). The van der Waals surface area contributed by atoms with E-state index in [1.807, 2.05) is 0 Å². The van der Waals surface area contributed by atoms with Gasteiger partial charge in [0, 0.05) is 6.07 Å². The van der Waals surface area contributed by atoms with Gasteiger partial charge in [-0.2, -0.15) is 0 Å². The van der Waals surface area contributed by atoms with Gasteiger partial charge < -0.3 is 15.8 Å². The molecule has 1 amide bonds. The molecule has 0 bridgehead atoms. The Balaban J connectivity index is 2.01. The van der Waals surface area contributed by atoms with E-state index in [1.165, 1.54) is 24.3 Å². The van der Waals surface area contributed by atoms with Gasteiger partial charge in [0.2, 0.25) is 5.91 Å². The minimum atomic E-state index is -0.631. The first kappa shape index (κ1) is 14.9. The molecule has 0 fully saturated rings. The second kappa shape index (κ2) is 6.81. The smallest absolute Gasteiger partial charge is 0.238 e. The summed E-state index contributed by atoms with van der Waals surface area (Å²) in [6.07, 6.45) is 0. The van der Waals surface area contributed by atoms with Gasteiger partial charge in [0.15, 0.2) is 0 Å². The van der Waals surface area contributed by atoms with E-state index < -0.39 is 11.7 Å². The van der Waals surface area contributed by atoms with E-state index in [9.17, 15) is 13.6 Å². The lowest BCUT2D eigenvalue weighted by Gasteiger charge is -2.09. The Hall–Kier alpha value is -2.47. The highest BCUT2D eigenvalue weighted by molar-refractivity contribution is 5.92. The van der Waals surface area contributed by atoms with Crippen molar-refractivity contribution in [2.45, 2.75) is 6.61 Å². The maximum Gasteiger partial charge on any atom is 0.238 e. The zero-order chi connectivity index (χ0) is 15.2. The summed E-state index contributed by atoms with van der Waals surface area (Å²) in [6, 6.07) is 9.98. The van der Waals surface area contributed by atoms with Crippen LogP contribution in [0.4, 0.5) is 14.5 Å². The van der Waals surface area contributed by atoms with Crippen LogP contribution < -0.4 is 15.8 Å². The van der Waals surface area contributed by atoms with Crippen LogP contribution in [0.2, 0.25) is 0 Å². The topological polar surface area (TPSA) is 64.4 Å². The fourth-order valence-corrected chi connectivity index (χ4v) is 1.68. The summed E-state index contributed by atoms with van der Waals surface area (Å²) in [5, 5.41) is 2.32. The largest absolute Gasteiger partial charge is 0.489 e. The maximum atomic E-state index is 13.7. The summed E-state index contributed by atoms with van der Waals surface area (Å²) < 4.78 is 32.1. The summed E-state index contributed by atoms with van der Waals surface area (Å²) in [6.45, 7) is -0.108. The highest BCUT2D eigenvalue weighted by atomic mass is 19.1. The Labute approximate surface area is 120 Å². The van der Waals surface area contributed by atoms with Gasteiger partial charge in [-0.15, -0.1) is 0 Å². The minimum Gasteiger partial charge on any atom is -0.489 e. The highest BCUT2D eigenvalue weighted by Crippen LogP contribution is 2.21. The number of rotatable bonds is 5. The van der Waals surface area contributed by atoms with Crippen LogP contribution in [0.3, 0.4) is 0 Å². The average molecular weight is 292 g/mol. The second-order valence-corrected chi connectivity index (χ2v) is 4.31. The van der Waals surface area contributed by atoms with Crippen molar-refractivity contribution in [3.8, 4) is 5.75 Å². The quantitative estimate of drug-likeness (QED) is 0.889. The van der Waals surface area contributed by atoms with Gasteiger partial charge in [0.25, 0.3) is 0 Å². The Morgan fingerprint density at radius 1 is 1.19 bits per heavy atom. The van der Waals surface area contributed by atoms with Crippen molar-refractivity contribution in [1.29, 1.82) is 0 Å². The number of nitrogens with two attached hydrogens (primary N) is 1. The fraction of sp³-hybridized carbons (Fsp3) is 0.133. The summed E-state index contributed by atoms with van der Waals surface area (Å²) in [5.41, 5.74) is 5.80. The number of amides is 1. The Kier molecular flexibility index (Phi) is 4.84. The van der Waals surface area contributed by atoms with Crippen molar-refractivity contribution in [2.24, 2.45) is 5.73 Å². The summed E-state index contributed by atoms with van der Waals surface area (Å²) in [7, 11) is 0. The number of ether oxygens (including phenoxy) is 1. The van der Waals surface area contributed by atoms with Gasteiger partial charge in [-0.3, -0.25) is 4.79 Å². The summed E-state index contributed by atoms with van der Waals surface area (Å²) in [5.74, 6) is -1.19. The Morgan fingerprint density at radius 3 is 2.67 bits per heavy atom. The normalized spacial score (nSPS) is 10.2. The van der Waals surface area contributed by atoms with Gasteiger partial charge in [0.1, 0.15) is 24.0 Å². The molecular formula is C15H14F2N2O2. The van der Waals surface area contributed by atoms with Crippen molar-refractivity contribution in [3.63, 3.8) is 0 Å². The zero-order valence-corrected chi connectivity index (χ0v) is 11.1. The monoisotopic (exact) mass is 292 g/mol. The lowest BCUT2D eigenvalue weighted by Crippen LogP contribution is -2.22. The molecule has 6 heteroatoms. The summed E-state index contributed by atoms with van der Waals surface area (Å²) >= 11 is 0. The number of carbonyl (C=O) groups excluding carboxylic acids is 1. The van der Waals surface area contributed by atoms with Gasteiger partial charge in [0.05, 0.1) is 12.2 Å². The molecule has 0 heterocycles. The Morgan fingerprint density at radius 2 is 2.00 bits per heavy atom. The SMILES string of the molecule is NCC(=O)Nc1ccc(OCc2cccc(F)c2)cc1F. The fourth-order valence-electron chi connectivity index (χ4n) is 1.68. The van der Waals surface area contributed by atoms with Crippen molar-refractivity contribution in [1.82, 2.24) is 0 Å². The predicted octanol–water partition coefficient (Wildman–Crippen LogP) is 2.44. The molecule has 0 aliphatic rings. The lowest BCUT2D eigenvalue weighted by atomic mass is 10.2. The third-order valence-corrected chi connectivity index (χ3v) is 2.69.